The maximum atomic E-state index is 4.79. The number of nitrogens with zero attached hydrogens (tertiary/aromatic N) is 2. The predicted octanol–water partition coefficient (Wildman–Crippen LogP) is 4.18. The topological polar surface area (TPSA) is 37.8 Å². The van der Waals surface area contributed by atoms with Crippen LogP contribution in [-0.2, 0) is 0 Å². The van der Waals surface area contributed by atoms with Crippen LogP contribution in [0.4, 0.5) is 5.82 Å². The molecule has 0 aliphatic heterocycles. The van der Waals surface area contributed by atoms with Crippen molar-refractivity contribution < 1.29 is 0 Å². The van der Waals surface area contributed by atoms with Gasteiger partial charge in [0.15, 0.2) is 5.82 Å². The number of hydrogen-bond acceptors (Lipinski definition) is 3. The van der Waals surface area contributed by atoms with Gasteiger partial charge < -0.3 is 5.32 Å². The molecule has 1 heterocycles. The second-order valence-electron chi connectivity index (χ2n) is 5.65. The van der Waals surface area contributed by atoms with Gasteiger partial charge in [0.2, 0.25) is 0 Å². The van der Waals surface area contributed by atoms with E-state index in [9.17, 15) is 0 Å². The van der Waals surface area contributed by atoms with Gasteiger partial charge in [-0.3, -0.25) is 0 Å². The summed E-state index contributed by atoms with van der Waals surface area (Å²) < 4.78 is 0. The summed E-state index contributed by atoms with van der Waals surface area (Å²) in [6.45, 7) is 2.10. The molecule has 3 heteroatoms. The molecule has 1 aliphatic rings. The third-order valence-electron chi connectivity index (χ3n) is 3.91. The third-order valence-corrected chi connectivity index (χ3v) is 3.91. The Hall–Kier alpha value is -2.42. The summed E-state index contributed by atoms with van der Waals surface area (Å²) in [5, 5.41) is 4.64. The van der Waals surface area contributed by atoms with Crippen molar-refractivity contribution in [1.82, 2.24) is 9.97 Å². The highest BCUT2D eigenvalue weighted by molar-refractivity contribution is 5.90. The standard InChI is InChI=1S/C18H17N3/c1-12-6-2-3-7-14(12)17-20-16-9-5-4-8-15(16)18(21-17)19-13-10-11-13/h2-9,13H,10-11H2,1H3,(H,19,20,21). The van der Waals surface area contributed by atoms with E-state index < -0.39 is 0 Å². The number of benzene rings is 2. The van der Waals surface area contributed by atoms with E-state index >= 15 is 0 Å². The Balaban J connectivity index is 1.91. The maximum absolute atomic E-state index is 4.79. The van der Waals surface area contributed by atoms with Gasteiger partial charge in [0.1, 0.15) is 5.82 Å². The SMILES string of the molecule is Cc1ccccc1-c1nc(NC2CC2)c2ccccc2n1. The van der Waals surface area contributed by atoms with Crippen molar-refractivity contribution in [3.63, 3.8) is 0 Å². The van der Waals surface area contributed by atoms with E-state index in [0.29, 0.717) is 6.04 Å². The van der Waals surface area contributed by atoms with Crippen molar-refractivity contribution in [3.05, 3.63) is 54.1 Å². The summed E-state index contributed by atoms with van der Waals surface area (Å²) in [6, 6.07) is 17.0. The van der Waals surface area contributed by atoms with Crippen molar-refractivity contribution in [2.24, 2.45) is 0 Å². The van der Waals surface area contributed by atoms with Crippen LogP contribution >= 0.6 is 0 Å². The zero-order valence-electron chi connectivity index (χ0n) is 12.0. The van der Waals surface area contributed by atoms with Gasteiger partial charge in [-0.25, -0.2) is 9.97 Å². The van der Waals surface area contributed by atoms with Gasteiger partial charge in [-0.1, -0.05) is 36.4 Å². The lowest BCUT2D eigenvalue weighted by atomic mass is 10.1. The quantitative estimate of drug-likeness (QED) is 0.779. The van der Waals surface area contributed by atoms with Crippen LogP contribution in [-0.4, -0.2) is 16.0 Å². The lowest BCUT2D eigenvalue weighted by molar-refractivity contribution is 1.11. The van der Waals surface area contributed by atoms with E-state index in [2.05, 4.69) is 36.5 Å². The van der Waals surface area contributed by atoms with Gasteiger partial charge in [0, 0.05) is 17.0 Å². The fourth-order valence-corrected chi connectivity index (χ4v) is 2.55. The highest BCUT2D eigenvalue weighted by atomic mass is 15.1. The molecule has 2 aromatic carbocycles. The molecule has 3 aromatic rings. The molecule has 0 atom stereocenters. The Kier molecular flexibility index (Phi) is 2.85. The number of hydrogen-bond donors (Lipinski definition) is 1. The fourth-order valence-electron chi connectivity index (χ4n) is 2.55. The number of para-hydroxylation sites is 1. The second kappa shape index (κ2) is 4.85. The van der Waals surface area contributed by atoms with Crippen LogP contribution < -0.4 is 5.32 Å². The summed E-state index contributed by atoms with van der Waals surface area (Å²) in [6.07, 6.45) is 2.47. The third kappa shape index (κ3) is 2.35. The highest BCUT2D eigenvalue weighted by Crippen LogP contribution is 2.30. The van der Waals surface area contributed by atoms with Crippen molar-refractivity contribution >= 4 is 16.7 Å². The van der Waals surface area contributed by atoms with Crippen molar-refractivity contribution in [3.8, 4) is 11.4 Å². The predicted molar refractivity (Wildman–Crippen MR) is 86.4 cm³/mol. The molecule has 3 nitrogen and oxygen atoms in total. The van der Waals surface area contributed by atoms with Crippen LogP contribution in [0.2, 0.25) is 0 Å². The highest BCUT2D eigenvalue weighted by Gasteiger charge is 2.23. The Bertz CT molecular complexity index is 806. The molecule has 0 radical (unpaired) electrons. The summed E-state index contributed by atoms with van der Waals surface area (Å²) in [4.78, 5) is 9.53. The van der Waals surface area contributed by atoms with Crippen molar-refractivity contribution in [1.29, 1.82) is 0 Å². The van der Waals surface area contributed by atoms with Crippen LogP contribution in [0, 0.1) is 6.92 Å². The number of aryl methyl sites for hydroxylation is 1. The van der Waals surface area contributed by atoms with Gasteiger partial charge >= 0.3 is 0 Å². The number of aromatic nitrogens is 2. The molecular formula is C18H17N3. The minimum Gasteiger partial charge on any atom is -0.367 e. The second-order valence-corrected chi connectivity index (χ2v) is 5.65. The van der Waals surface area contributed by atoms with E-state index in [1.165, 1.54) is 18.4 Å². The first-order valence-corrected chi connectivity index (χ1v) is 7.40. The maximum Gasteiger partial charge on any atom is 0.162 e. The molecule has 1 N–H and O–H groups in total. The Morgan fingerprint density at radius 1 is 0.952 bits per heavy atom. The summed E-state index contributed by atoms with van der Waals surface area (Å²) in [5.74, 6) is 1.76. The lowest BCUT2D eigenvalue weighted by Crippen LogP contribution is -2.06. The van der Waals surface area contributed by atoms with E-state index in [-0.39, 0.29) is 0 Å². The molecule has 104 valence electrons. The van der Waals surface area contributed by atoms with Crippen LogP contribution in [0.15, 0.2) is 48.5 Å². The normalized spacial score (nSPS) is 14.3. The average Bonchev–Trinajstić information content (AvgIpc) is 3.32. The van der Waals surface area contributed by atoms with E-state index in [1.807, 2.05) is 24.3 Å². The minimum absolute atomic E-state index is 0.577. The first-order chi connectivity index (χ1) is 10.3. The fraction of sp³-hybridized carbons (Fsp3) is 0.222. The van der Waals surface area contributed by atoms with Gasteiger partial charge in [-0.05, 0) is 37.5 Å². The number of rotatable bonds is 3. The molecule has 1 fully saturated rings. The van der Waals surface area contributed by atoms with Crippen molar-refractivity contribution in [2.75, 3.05) is 5.32 Å². The van der Waals surface area contributed by atoms with Gasteiger partial charge in [-0.2, -0.15) is 0 Å². The molecular weight excluding hydrogens is 258 g/mol. The molecule has 1 aromatic heterocycles. The Labute approximate surface area is 124 Å². The molecule has 0 bridgehead atoms. The first-order valence-electron chi connectivity index (χ1n) is 7.40. The zero-order chi connectivity index (χ0) is 14.2. The van der Waals surface area contributed by atoms with E-state index in [1.54, 1.807) is 0 Å². The summed E-state index contributed by atoms with van der Waals surface area (Å²) in [5.41, 5.74) is 3.29. The molecule has 0 saturated heterocycles. The molecule has 0 spiro atoms. The summed E-state index contributed by atoms with van der Waals surface area (Å²) in [7, 11) is 0. The van der Waals surface area contributed by atoms with E-state index in [0.717, 1.165) is 28.1 Å². The lowest BCUT2D eigenvalue weighted by Gasteiger charge is -2.11. The molecule has 0 amide bonds. The van der Waals surface area contributed by atoms with Crippen LogP contribution in [0.3, 0.4) is 0 Å². The zero-order valence-corrected chi connectivity index (χ0v) is 12.0. The average molecular weight is 275 g/mol. The van der Waals surface area contributed by atoms with Crippen LogP contribution in [0.25, 0.3) is 22.3 Å². The smallest absolute Gasteiger partial charge is 0.162 e. The van der Waals surface area contributed by atoms with Crippen molar-refractivity contribution in [2.45, 2.75) is 25.8 Å². The molecule has 0 unspecified atom stereocenters. The molecule has 4 rings (SSSR count). The first kappa shape index (κ1) is 12.3. The summed E-state index contributed by atoms with van der Waals surface area (Å²) >= 11 is 0. The molecule has 1 aliphatic carbocycles. The molecule has 21 heavy (non-hydrogen) atoms. The van der Waals surface area contributed by atoms with Gasteiger partial charge in [0.05, 0.1) is 5.52 Å². The Morgan fingerprint density at radius 3 is 2.52 bits per heavy atom. The van der Waals surface area contributed by atoms with Crippen LogP contribution in [0.1, 0.15) is 18.4 Å². The number of fused-ring (bicyclic) bond motifs is 1. The Morgan fingerprint density at radius 2 is 1.71 bits per heavy atom. The largest absolute Gasteiger partial charge is 0.367 e. The minimum atomic E-state index is 0.577. The van der Waals surface area contributed by atoms with Crippen LogP contribution in [0.5, 0.6) is 0 Å². The number of nitrogens with one attached hydrogen (secondary N) is 1. The van der Waals surface area contributed by atoms with Gasteiger partial charge in [-0.15, -0.1) is 0 Å². The molecule has 1 saturated carbocycles. The van der Waals surface area contributed by atoms with Gasteiger partial charge in [0.25, 0.3) is 0 Å². The van der Waals surface area contributed by atoms with E-state index in [4.69, 9.17) is 9.97 Å². The monoisotopic (exact) mass is 275 g/mol. The number of anilines is 1.